The van der Waals surface area contributed by atoms with Crippen LogP contribution in [-0.4, -0.2) is 15.7 Å². The number of nitrogen functional groups attached to an aromatic ring is 2. The lowest BCUT2D eigenvalue weighted by Crippen LogP contribution is -2.23. The van der Waals surface area contributed by atoms with E-state index in [9.17, 15) is 0 Å². The molecule has 5 heteroatoms. The van der Waals surface area contributed by atoms with Crippen molar-refractivity contribution < 1.29 is 0 Å². The number of anilines is 1. The number of hydrogen-bond acceptors (Lipinski definition) is 3. The first-order valence-corrected chi connectivity index (χ1v) is 5.10. The molecule has 5 nitrogen and oxygen atoms in total. The van der Waals surface area contributed by atoms with E-state index in [0.717, 1.165) is 5.56 Å². The van der Waals surface area contributed by atoms with Gasteiger partial charge in [-0.25, -0.2) is 0 Å². The van der Waals surface area contributed by atoms with E-state index in [1.54, 1.807) is 6.07 Å². The predicted octanol–water partition coefficient (Wildman–Crippen LogP) is 1.38. The molecular weight excluding hydrogens is 214 g/mol. The van der Waals surface area contributed by atoms with Crippen molar-refractivity contribution in [2.75, 3.05) is 5.73 Å². The van der Waals surface area contributed by atoms with E-state index >= 15 is 0 Å². The van der Waals surface area contributed by atoms with Crippen molar-refractivity contribution >= 4 is 23.9 Å². The molecule has 0 aliphatic rings. The number of benzene rings is 1. The minimum absolute atomic E-state index is 0.193. The van der Waals surface area contributed by atoms with Crippen molar-refractivity contribution in [2.45, 2.75) is 0 Å². The zero-order chi connectivity index (χ0) is 12.3. The zero-order valence-corrected chi connectivity index (χ0v) is 9.17. The number of hydrogen-bond donors (Lipinski definition) is 3. The molecule has 2 rings (SSSR count). The van der Waals surface area contributed by atoms with E-state index in [1.165, 1.54) is 4.68 Å². The molecule has 5 N–H and O–H groups in total. The Morgan fingerprint density at radius 1 is 1.24 bits per heavy atom. The van der Waals surface area contributed by atoms with Crippen LogP contribution in [0.5, 0.6) is 0 Å². The topological polar surface area (TPSA) is 93.7 Å². The van der Waals surface area contributed by atoms with Gasteiger partial charge in [0.05, 0.1) is 5.69 Å². The summed E-state index contributed by atoms with van der Waals surface area (Å²) in [6.07, 6.45) is 3.75. The third-order valence-electron chi connectivity index (χ3n) is 2.23. The normalized spacial score (nSPS) is 10.8. The van der Waals surface area contributed by atoms with Crippen LogP contribution in [0.3, 0.4) is 0 Å². The molecule has 1 aromatic heterocycles. The first-order chi connectivity index (χ1) is 8.16. The molecule has 0 aliphatic heterocycles. The molecular formula is C12H13N5. The van der Waals surface area contributed by atoms with Gasteiger partial charge in [-0.05, 0) is 11.6 Å². The average Bonchev–Trinajstić information content (AvgIpc) is 2.69. The molecule has 0 atom stereocenters. The second kappa shape index (κ2) is 4.52. The lowest BCUT2D eigenvalue weighted by atomic mass is 10.2. The van der Waals surface area contributed by atoms with Gasteiger partial charge in [-0.2, -0.15) is 9.78 Å². The van der Waals surface area contributed by atoms with E-state index in [4.69, 9.17) is 16.9 Å². The summed E-state index contributed by atoms with van der Waals surface area (Å²) < 4.78 is 1.19. The molecule has 0 saturated carbocycles. The van der Waals surface area contributed by atoms with Crippen molar-refractivity contribution in [1.82, 2.24) is 9.78 Å². The first kappa shape index (κ1) is 10.9. The minimum Gasteiger partial charge on any atom is -0.383 e. The Labute approximate surface area is 98.9 Å². The highest BCUT2D eigenvalue weighted by molar-refractivity contribution is 5.80. The summed E-state index contributed by atoms with van der Waals surface area (Å²) in [5.74, 6) is 0.159. The number of aromatic nitrogens is 2. The van der Waals surface area contributed by atoms with E-state index in [-0.39, 0.29) is 5.96 Å². The van der Waals surface area contributed by atoms with Crippen molar-refractivity contribution in [1.29, 1.82) is 5.41 Å². The lowest BCUT2D eigenvalue weighted by molar-refractivity contribution is 0.916. The number of nitrogens with one attached hydrogen (secondary N) is 1. The summed E-state index contributed by atoms with van der Waals surface area (Å²) in [6.45, 7) is 0. The summed E-state index contributed by atoms with van der Waals surface area (Å²) in [6, 6.07) is 11.5. The maximum absolute atomic E-state index is 7.26. The monoisotopic (exact) mass is 227 g/mol. The quantitative estimate of drug-likeness (QED) is 0.534. The van der Waals surface area contributed by atoms with E-state index in [1.807, 2.05) is 42.5 Å². The fourth-order valence-corrected chi connectivity index (χ4v) is 1.43. The highest BCUT2D eigenvalue weighted by atomic mass is 15.4. The molecule has 1 aromatic carbocycles. The highest BCUT2D eigenvalue weighted by Crippen LogP contribution is 2.10. The van der Waals surface area contributed by atoms with Crippen LogP contribution < -0.4 is 11.5 Å². The largest absolute Gasteiger partial charge is 0.383 e. The van der Waals surface area contributed by atoms with Crippen LogP contribution in [0.2, 0.25) is 0 Å². The second-order valence-corrected chi connectivity index (χ2v) is 3.54. The van der Waals surface area contributed by atoms with Gasteiger partial charge in [0.15, 0.2) is 0 Å². The highest BCUT2D eigenvalue weighted by Gasteiger charge is 2.03. The molecule has 1 heterocycles. The van der Waals surface area contributed by atoms with Crippen molar-refractivity contribution in [3.63, 3.8) is 0 Å². The maximum Gasteiger partial charge on any atom is 0.215 e. The molecule has 0 saturated heterocycles. The SMILES string of the molecule is N=C(N)n1nc(C=Cc2ccccc2)cc1N. The van der Waals surface area contributed by atoms with Gasteiger partial charge in [0.1, 0.15) is 5.82 Å². The van der Waals surface area contributed by atoms with Gasteiger partial charge in [0, 0.05) is 6.07 Å². The van der Waals surface area contributed by atoms with Gasteiger partial charge in [0.25, 0.3) is 0 Å². The van der Waals surface area contributed by atoms with Crippen molar-refractivity contribution in [3.05, 3.63) is 47.7 Å². The van der Waals surface area contributed by atoms with E-state index < -0.39 is 0 Å². The number of rotatable bonds is 2. The molecule has 86 valence electrons. The van der Waals surface area contributed by atoms with Crippen LogP contribution in [-0.2, 0) is 0 Å². The Morgan fingerprint density at radius 3 is 2.53 bits per heavy atom. The van der Waals surface area contributed by atoms with Crippen LogP contribution in [0.15, 0.2) is 36.4 Å². The maximum atomic E-state index is 7.26. The Balaban J connectivity index is 2.22. The van der Waals surface area contributed by atoms with Gasteiger partial charge in [-0.1, -0.05) is 36.4 Å². The number of nitrogens with two attached hydrogens (primary N) is 2. The summed E-state index contributed by atoms with van der Waals surface area (Å²) >= 11 is 0. The van der Waals surface area contributed by atoms with Crippen LogP contribution >= 0.6 is 0 Å². The van der Waals surface area contributed by atoms with Crippen molar-refractivity contribution in [3.8, 4) is 0 Å². The minimum atomic E-state index is -0.193. The summed E-state index contributed by atoms with van der Waals surface area (Å²) in [4.78, 5) is 0. The molecule has 0 bridgehead atoms. The molecule has 0 radical (unpaired) electrons. The summed E-state index contributed by atoms with van der Waals surface area (Å²) in [5.41, 5.74) is 12.7. The second-order valence-electron chi connectivity index (χ2n) is 3.54. The van der Waals surface area contributed by atoms with Crippen LogP contribution in [0.1, 0.15) is 11.3 Å². The summed E-state index contributed by atoms with van der Waals surface area (Å²) in [5, 5.41) is 11.3. The molecule has 2 aromatic rings. The summed E-state index contributed by atoms with van der Waals surface area (Å²) in [7, 11) is 0. The standard InChI is InChI=1S/C12H13N5/c13-11-8-10(16-17(11)12(14)15)7-6-9-4-2-1-3-5-9/h1-8H,13H2,(H3,14,15). The Kier molecular flexibility index (Phi) is 2.91. The number of nitrogens with zero attached hydrogens (tertiary/aromatic N) is 2. The molecule has 0 amide bonds. The van der Waals surface area contributed by atoms with Crippen LogP contribution in [0.25, 0.3) is 12.2 Å². The van der Waals surface area contributed by atoms with Gasteiger partial charge < -0.3 is 11.5 Å². The van der Waals surface area contributed by atoms with E-state index in [0.29, 0.717) is 11.5 Å². The van der Waals surface area contributed by atoms with Gasteiger partial charge in [-0.15, -0.1) is 0 Å². The fraction of sp³-hybridized carbons (Fsp3) is 0. The fourth-order valence-electron chi connectivity index (χ4n) is 1.43. The molecule has 0 aliphatic carbocycles. The van der Waals surface area contributed by atoms with Crippen molar-refractivity contribution in [2.24, 2.45) is 5.73 Å². The molecule has 0 unspecified atom stereocenters. The van der Waals surface area contributed by atoms with Crippen LogP contribution in [0, 0.1) is 5.41 Å². The molecule has 0 spiro atoms. The van der Waals surface area contributed by atoms with Crippen LogP contribution in [0.4, 0.5) is 5.82 Å². The smallest absolute Gasteiger partial charge is 0.215 e. The Hall–Kier alpha value is -2.56. The van der Waals surface area contributed by atoms with Gasteiger partial charge in [0.2, 0.25) is 5.96 Å². The van der Waals surface area contributed by atoms with Gasteiger partial charge >= 0.3 is 0 Å². The zero-order valence-electron chi connectivity index (χ0n) is 9.17. The third kappa shape index (κ3) is 2.52. The lowest BCUT2D eigenvalue weighted by Gasteiger charge is -1.97. The average molecular weight is 227 g/mol. The molecule has 17 heavy (non-hydrogen) atoms. The predicted molar refractivity (Wildman–Crippen MR) is 69.3 cm³/mol. The van der Waals surface area contributed by atoms with Gasteiger partial charge in [-0.3, -0.25) is 5.41 Å². The Morgan fingerprint density at radius 2 is 1.94 bits per heavy atom. The first-order valence-electron chi connectivity index (χ1n) is 5.10. The third-order valence-corrected chi connectivity index (χ3v) is 2.23. The molecule has 0 fully saturated rings. The Bertz CT molecular complexity index is 554. The van der Waals surface area contributed by atoms with E-state index in [2.05, 4.69) is 5.10 Å².